The number of rotatable bonds is 6. The van der Waals surface area contributed by atoms with E-state index in [0.717, 1.165) is 33.7 Å². The summed E-state index contributed by atoms with van der Waals surface area (Å²) in [5.41, 5.74) is 5.33. The number of nitrogens with one attached hydrogen (secondary N) is 1. The highest BCUT2D eigenvalue weighted by molar-refractivity contribution is 8.15. The normalized spacial score (nSPS) is 18.8. The number of methoxy groups -OCH3 is 1. The molecule has 3 aromatic rings. The molecule has 0 aliphatic carbocycles. The molecule has 3 aromatic carbocycles. The predicted molar refractivity (Wildman–Crippen MR) is 148 cm³/mol. The number of hydrazone groups is 1. The number of nitrogens with zero attached hydrogens (tertiary/aromatic N) is 3. The molecule has 0 spiro atoms. The number of halogens is 1. The van der Waals surface area contributed by atoms with Crippen LogP contribution in [-0.2, 0) is 9.59 Å². The van der Waals surface area contributed by atoms with Crippen molar-refractivity contribution in [2.45, 2.75) is 38.0 Å². The minimum atomic E-state index is -0.641. The Kier molecular flexibility index (Phi) is 7.28. The molecular weight excluding hydrogens is 503 g/mol. The first-order chi connectivity index (χ1) is 18.3. The fraction of sp³-hybridized carbons (Fsp3) is 0.241. The van der Waals surface area contributed by atoms with Crippen LogP contribution in [0.1, 0.15) is 41.1 Å². The molecule has 2 heterocycles. The van der Waals surface area contributed by atoms with Gasteiger partial charge >= 0.3 is 0 Å². The standard InChI is InChI=1S/C29H27FN4O3S/c1-17-12-18(2)14-22(13-17)31-27(35)16-26-28(36)32-29(38-26)34-25(20-6-10-23(37-3)11-7-20)15-24(33-34)19-4-8-21(30)9-5-19/h4-14,25-26H,15-16H2,1-3H3,(H,31,35)/t25-,26+/m1/s1. The maximum atomic E-state index is 13.5. The molecule has 0 unspecified atom stereocenters. The van der Waals surface area contributed by atoms with Crippen molar-refractivity contribution in [3.8, 4) is 5.75 Å². The van der Waals surface area contributed by atoms with Crippen LogP contribution in [0.5, 0.6) is 5.75 Å². The maximum absolute atomic E-state index is 13.5. The average molecular weight is 531 g/mol. The van der Waals surface area contributed by atoms with E-state index >= 15 is 0 Å². The maximum Gasteiger partial charge on any atom is 0.262 e. The molecule has 2 aliphatic heterocycles. The number of hydrogen-bond acceptors (Lipinski definition) is 6. The van der Waals surface area contributed by atoms with E-state index in [-0.39, 0.29) is 30.1 Å². The van der Waals surface area contributed by atoms with Gasteiger partial charge in [0.2, 0.25) is 5.91 Å². The van der Waals surface area contributed by atoms with Crippen LogP contribution in [-0.4, -0.2) is 40.1 Å². The number of amides is 2. The van der Waals surface area contributed by atoms with Crippen molar-refractivity contribution in [1.82, 2.24) is 5.01 Å². The molecule has 5 rings (SSSR count). The summed E-state index contributed by atoms with van der Waals surface area (Å²) in [6.45, 7) is 3.93. The third-order valence-electron chi connectivity index (χ3n) is 6.39. The van der Waals surface area contributed by atoms with Gasteiger partial charge in [-0.1, -0.05) is 42.1 Å². The van der Waals surface area contributed by atoms with Crippen molar-refractivity contribution in [1.29, 1.82) is 0 Å². The lowest BCUT2D eigenvalue weighted by Crippen LogP contribution is -2.25. The first-order valence-electron chi connectivity index (χ1n) is 12.2. The van der Waals surface area contributed by atoms with E-state index in [1.165, 1.54) is 23.9 Å². The number of carbonyl (C=O) groups excluding carboxylic acids is 2. The predicted octanol–water partition coefficient (Wildman–Crippen LogP) is 5.63. The Labute approximate surface area is 224 Å². The van der Waals surface area contributed by atoms with Gasteiger partial charge in [0, 0.05) is 18.5 Å². The van der Waals surface area contributed by atoms with Crippen LogP contribution in [0, 0.1) is 19.7 Å². The second kappa shape index (κ2) is 10.8. The SMILES string of the molecule is COc1ccc([C@H]2CC(c3ccc(F)cc3)=NN2C2=NC(=O)[C@H](CC(=O)Nc3cc(C)cc(C)c3)S2)cc1. The molecule has 2 aliphatic rings. The highest BCUT2D eigenvalue weighted by atomic mass is 32.2. The molecule has 0 saturated heterocycles. The van der Waals surface area contributed by atoms with Crippen LogP contribution in [0.2, 0.25) is 0 Å². The first kappa shape index (κ1) is 25.7. The zero-order chi connectivity index (χ0) is 26.8. The van der Waals surface area contributed by atoms with Gasteiger partial charge in [-0.3, -0.25) is 9.59 Å². The monoisotopic (exact) mass is 530 g/mol. The van der Waals surface area contributed by atoms with Crippen LogP contribution in [0.4, 0.5) is 10.1 Å². The molecule has 9 heteroatoms. The van der Waals surface area contributed by atoms with Gasteiger partial charge in [0.25, 0.3) is 5.91 Å². The Morgan fingerprint density at radius 1 is 1.08 bits per heavy atom. The summed E-state index contributed by atoms with van der Waals surface area (Å²) in [7, 11) is 1.61. The highest BCUT2D eigenvalue weighted by Crippen LogP contribution is 2.39. The lowest BCUT2D eigenvalue weighted by atomic mass is 9.98. The Morgan fingerprint density at radius 2 is 1.76 bits per heavy atom. The van der Waals surface area contributed by atoms with Crippen molar-refractivity contribution < 1.29 is 18.7 Å². The van der Waals surface area contributed by atoms with Gasteiger partial charge in [-0.2, -0.15) is 10.1 Å². The van der Waals surface area contributed by atoms with Crippen molar-refractivity contribution >= 4 is 40.1 Å². The molecule has 38 heavy (non-hydrogen) atoms. The molecule has 0 radical (unpaired) electrons. The minimum absolute atomic E-state index is 0.000927. The molecule has 194 valence electrons. The van der Waals surface area contributed by atoms with Crippen molar-refractivity contribution in [2.24, 2.45) is 10.1 Å². The van der Waals surface area contributed by atoms with Crippen LogP contribution in [0.15, 0.2) is 76.8 Å². The Hall–Kier alpha value is -3.98. The highest BCUT2D eigenvalue weighted by Gasteiger charge is 2.39. The molecule has 2 atom stereocenters. The average Bonchev–Trinajstić information content (AvgIpc) is 3.48. The fourth-order valence-corrected chi connectivity index (χ4v) is 5.68. The largest absolute Gasteiger partial charge is 0.497 e. The lowest BCUT2D eigenvalue weighted by Gasteiger charge is -2.23. The van der Waals surface area contributed by atoms with Gasteiger partial charge in [-0.05, 0) is 72.5 Å². The van der Waals surface area contributed by atoms with Crippen molar-refractivity contribution in [3.63, 3.8) is 0 Å². The summed E-state index contributed by atoms with van der Waals surface area (Å²) in [6.07, 6.45) is 0.544. The van der Waals surface area contributed by atoms with Crippen LogP contribution < -0.4 is 10.1 Å². The number of aryl methyl sites for hydroxylation is 2. The van der Waals surface area contributed by atoms with E-state index in [1.807, 2.05) is 56.3 Å². The summed E-state index contributed by atoms with van der Waals surface area (Å²) in [4.78, 5) is 29.9. The second-order valence-corrected chi connectivity index (χ2v) is 10.5. The van der Waals surface area contributed by atoms with Gasteiger partial charge in [0.1, 0.15) is 16.8 Å². The van der Waals surface area contributed by atoms with E-state index in [1.54, 1.807) is 24.3 Å². The summed E-state index contributed by atoms with van der Waals surface area (Å²) >= 11 is 1.24. The second-order valence-electron chi connectivity index (χ2n) is 9.36. The van der Waals surface area contributed by atoms with Crippen molar-refractivity contribution in [2.75, 3.05) is 12.4 Å². The first-order valence-corrected chi connectivity index (χ1v) is 13.1. The van der Waals surface area contributed by atoms with E-state index in [0.29, 0.717) is 17.3 Å². The van der Waals surface area contributed by atoms with Crippen molar-refractivity contribution in [3.05, 3.63) is 94.8 Å². The zero-order valence-corrected chi connectivity index (χ0v) is 22.1. The lowest BCUT2D eigenvalue weighted by molar-refractivity contribution is -0.121. The summed E-state index contributed by atoms with van der Waals surface area (Å²) < 4.78 is 18.8. The van der Waals surface area contributed by atoms with Gasteiger partial charge in [-0.25, -0.2) is 9.40 Å². The molecule has 0 fully saturated rings. The van der Waals surface area contributed by atoms with Crippen LogP contribution >= 0.6 is 11.8 Å². The number of thioether (sulfide) groups is 1. The van der Waals surface area contributed by atoms with Gasteiger partial charge in [0.05, 0.1) is 18.9 Å². The number of benzene rings is 3. The van der Waals surface area contributed by atoms with Crippen LogP contribution in [0.3, 0.4) is 0 Å². The smallest absolute Gasteiger partial charge is 0.262 e. The van der Waals surface area contributed by atoms with Gasteiger partial charge < -0.3 is 10.1 Å². The summed E-state index contributed by atoms with van der Waals surface area (Å²) in [5.74, 6) is -0.199. The van der Waals surface area contributed by atoms with E-state index < -0.39 is 5.25 Å². The third kappa shape index (κ3) is 5.62. The van der Waals surface area contributed by atoms with E-state index in [2.05, 4.69) is 10.3 Å². The molecule has 0 saturated carbocycles. The van der Waals surface area contributed by atoms with Gasteiger partial charge in [-0.15, -0.1) is 0 Å². The number of carbonyl (C=O) groups is 2. The number of hydrogen-bond donors (Lipinski definition) is 1. The molecule has 7 nitrogen and oxygen atoms in total. The topological polar surface area (TPSA) is 83.4 Å². The van der Waals surface area contributed by atoms with Gasteiger partial charge in [0.15, 0.2) is 5.17 Å². The Morgan fingerprint density at radius 3 is 2.42 bits per heavy atom. The summed E-state index contributed by atoms with van der Waals surface area (Å²) in [5, 5.41) is 9.23. The zero-order valence-electron chi connectivity index (χ0n) is 21.3. The minimum Gasteiger partial charge on any atom is -0.497 e. The number of anilines is 1. The Balaban J connectivity index is 1.35. The number of amidine groups is 1. The molecule has 0 bridgehead atoms. The number of aliphatic imine (C=N–C) groups is 1. The Bertz CT molecular complexity index is 1420. The third-order valence-corrected chi connectivity index (χ3v) is 7.53. The number of ether oxygens (including phenoxy) is 1. The quantitative estimate of drug-likeness (QED) is 0.447. The van der Waals surface area contributed by atoms with E-state index in [9.17, 15) is 14.0 Å². The van der Waals surface area contributed by atoms with Crippen LogP contribution in [0.25, 0.3) is 0 Å². The summed E-state index contributed by atoms with van der Waals surface area (Å²) in [6, 6.07) is 19.4. The molecule has 2 amide bonds. The van der Waals surface area contributed by atoms with E-state index in [4.69, 9.17) is 9.84 Å². The molecule has 1 N–H and O–H groups in total. The molecule has 0 aromatic heterocycles. The fourth-order valence-electron chi connectivity index (χ4n) is 4.62. The molecular formula is C29H27FN4O3S.